The largest absolute Gasteiger partial charge is 0.321 e. The topological polar surface area (TPSA) is 66.7 Å². The van der Waals surface area contributed by atoms with Gasteiger partial charge in [-0.1, -0.05) is 18.2 Å². The van der Waals surface area contributed by atoms with Gasteiger partial charge in [-0.15, -0.1) is 0 Å². The van der Waals surface area contributed by atoms with Gasteiger partial charge in [0.1, 0.15) is 5.65 Å². The van der Waals surface area contributed by atoms with Gasteiger partial charge in [0.05, 0.1) is 5.69 Å². The van der Waals surface area contributed by atoms with Gasteiger partial charge in [0.25, 0.3) is 5.91 Å². The van der Waals surface area contributed by atoms with Gasteiger partial charge >= 0.3 is 0 Å². The van der Waals surface area contributed by atoms with Crippen LogP contribution in [0.3, 0.4) is 0 Å². The number of pyridine rings is 1. The van der Waals surface area contributed by atoms with Crippen LogP contribution in [0.1, 0.15) is 33.5 Å². The molecule has 0 fully saturated rings. The average Bonchev–Trinajstić information content (AvgIpc) is 2.93. The summed E-state index contributed by atoms with van der Waals surface area (Å²) in [6.07, 6.45) is 1.90. The molecular formula is C19H20N4O2. The third-order valence-electron chi connectivity index (χ3n) is 3.84. The zero-order valence-corrected chi connectivity index (χ0v) is 14.5. The van der Waals surface area contributed by atoms with Crippen LogP contribution in [0.2, 0.25) is 0 Å². The fourth-order valence-corrected chi connectivity index (χ4v) is 2.69. The van der Waals surface area contributed by atoms with Gasteiger partial charge in [-0.3, -0.25) is 9.59 Å². The molecule has 0 bridgehead atoms. The minimum absolute atomic E-state index is 0.0443. The normalized spacial score (nSPS) is 11.0. The fourth-order valence-electron chi connectivity index (χ4n) is 2.69. The molecule has 0 atom stereocenters. The van der Waals surface area contributed by atoms with E-state index in [0.29, 0.717) is 23.5 Å². The molecule has 3 aromatic rings. The van der Waals surface area contributed by atoms with Crippen molar-refractivity contribution in [3.8, 4) is 0 Å². The first-order valence-electron chi connectivity index (χ1n) is 7.99. The van der Waals surface area contributed by atoms with Gasteiger partial charge in [0, 0.05) is 24.0 Å². The maximum atomic E-state index is 12.8. The first-order chi connectivity index (χ1) is 12.0. The molecule has 2 aromatic heterocycles. The minimum atomic E-state index is -0.291. The third kappa shape index (κ3) is 3.59. The van der Waals surface area contributed by atoms with Crippen molar-refractivity contribution in [1.82, 2.24) is 14.3 Å². The minimum Gasteiger partial charge on any atom is -0.321 e. The molecule has 6 heteroatoms. The van der Waals surface area contributed by atoms with Crippen LogP contribution >= 0.6 is 0 Å². The standard InChI is InChI=1S/C19H20N4O2/c1-13(24)14-7-6-8-15(11-14)20-19(25)18-16(12-22(2)3)23-10-5-4-9-17(23)21-18/h4-11H,12H2,1-3H3,(H,20,25). The van der Waals surface area contributed by atoms with Crippen LogP contribution in [0.5, 0.6) is 0 Å². The van der Waals surface area contributed by atoms with Crippen LogP contribution in [-0.4, -0.2) is 40.1 Å². The Kier molecular flexibility index (Phi) is 4.63. The summed E-state index contributed by atoms with van der Waals surface area (Å²) in [5, 5.41) is 2.84. The van der Waals surface area contributed by atoms with E-state index in [2.05, 4.69) is 10.3 Å². The number of nitrogens with one attached hydrogen (secondary N) is 1. The molecule has 0 radical (unpaired) electrons. The monoisotopic (exact) mass is 336 g/mol. The van der Waals surface area contributed by atoms with Gasteiger partial charge < -0.3 is 14.6 Å². The molecule has 6 nitrogen and oxygen atoms in total. The number of anilines is 1. The maximum absolute atomic E-state index is 12.8. The lowest BCUT2D eigenvalue weighted by Gasteiger charge is -2.11. The number of amides is 1. The van der Waals surface area contributed by atoms with E-state index < -0.39 is 0 Å². The predicted molar refractivity (Wildman–Crippen MR) is 97.0 cm³/mol. The molecule has 2 heterocycles. The number of rotatable bonds is 5. The van der Waals surface area contributed by atoms with Gasteiger partial charge in [-0.2, -0.15) is 0 Å². The number of nitrogens with zero attached hydrogens (tertiary/aromatic N) is 3. The molecule has 1 N–H and O–H groups in total. The average molecular weight is 336 g/mol. The summed E-state index contributed by atoms with van der Waals surface area (Å²) in [5.41, 5.74) is 3.06. The Balaban J connectivity index is 1.96. The molecule has 0 saturated carbocycles. The van der Waals surface area contributed by atoms with E-state index in [1.807, 2.05) is 47.8 Å². The van der Waals surface area contributed by atoms with Crippen LogP contribution in [-0.2, 0) is 6.54 Å². The van der Waals surface area contributed by atoms with Crippen molar-refractivity contribution in [3.05, 3.63) is 65.6 Å². The molecule has 0 saturated heterocycles. The molecule has 0 aliphatic heterocycles. The molecular weight excluding hydrogens is 316 g/mol. The zero-order chi connectivity index (χ0) is 18.0. The summed E-state index contributed by atoms with van der Waals surface area (Å²) in [7, 11) is 3.89. The summed E-state index contributed by atoms with van der Waals surface area (Å²) in [6.45, 7) is 2.08. The highest BCUT2D eigenvalue weighted by molar-refractivity contribution is 6.05. The summed E-state index contributed by atoms with van der Waals surface area (Å²) >= 11 is 0. The lowest BCUT2D eigenvalue weighted by atomic mass is 10.1. The Morgan fingerprint density at radius 3 is 2.68 bits per heavy atom. The van der Waals surface area contributed by atoms with Crippen LogP contribution in [0, 0.1) is 0 Å². The van der Waals surface area contributed by atoms with Crippen molar-refractivity contribution in [3.63, 3.8) is 0 Å². The van der Waals surface area contributed by atoms with E-state index in [1.165, 1.54) is 6.92 Å². The summed E-state index contributed by atoms with van der Waals surface area (Å²) in [4.78, 5) is 30.8. The lowest BCUT2D eigenvalue weighted by Crippen LogP contribution is -2.19. The van der Waals surface area contributed by atoms with E-state index >= 15 is 0 Å². The van der Waals surface area contributed by atoms with E-state index in [1.54, 1.807) is 24.3 Å². The molecule has 0 spiro atoms. The number of carbonyl (C=O) groups is 2. The first-order valence-corrected chi connectivity index (χ1v) is 7.99. The number of aromatic nitrogens is 2. The Labute approximate surface area is 146 Å². The number of imidazole rings is 1. The van der Waals surface area contributed by atoms with Crippen molar-refractivity contribution in [2.75, 3.05) is 19.4 Å². The molecule has 3 rings (SSSR count). The number of hydrogen-bond donors (Lipinski definition) is 1. The van der Waals surface area contributed by atoms with Crippen LogP contribution < -0.4 is 5.32 Å². The first kappa shape index (κ1) is 16.9. The van der Waals surface area contributed by atoms with Crippen LogP contribution in [0.25, 0.3) is 5.65 Å². The molecule has 1 amide bonds. The Morgan fingerprint density at radius 1 is 1.16 bits per heavy atom. The third-order valence-corrected chi connectivity index (χ3v) is 3.84. The van der Waals surface area contributed by atoms with Crippen LogP contribution in [0.15, 0.2) is 48.7 Å². The number of benzene rings is 1. The summed E-state index contributed by atoms with van der Waals surface area (Å²) in [6, 6.07) is 12.6. The van der Waals surface area contributed by atoms with Crippen molar-refractivity contribution in [2.45, 2.75) is 13.5 Å². The number of fused-ring (bicyclic) bond motifs is 1. The molecule has 0 unspecified atom stereocenters. The summed E-state index contributed by atoms with van der Waals surface area (Å²) < 4.78 is 1.92. The Bertz CT molecular complexity index is 944. The van der Waals surface area contributed by atoms with E-state index in [4.69, 9.17) is 0 Å². The smallest absolute Gasteiger partial charge is 0.276 e. The molecule has 1 aromatic carbocycles. The number of ketones is 1. The van der Waals surface area contributed by atoms with Crippen LogP contribution in [0.4, 0.5) is 5.69 Å². The van der Waals surface area contributed by atoms with Crippen molar-refractivity contribution in [1.29, 1.82) is 0 Å². The van der Waals surface area contributed by atoms with Gasteiger partial charge in [0.15, 0.2) is 11.5 Å². The van der Waals surface area contributed by atoms with Gasteiger partial charge in [-0.05, 0) is 45.3 Å². The Morgan fingerprint density at radius 2 is 1.96 bits per heavy atom. The lowest BCUT2D eigenvalue weighted by molar-refractivity contribution is 0.100. The second-order valence-corrected chi connectivity index (χ2v) is 6.16. The second-order valence-electron chi connectivity index (χ2n) is 6.16. The van der Waals surface area contributed by atoms with Gasteiger partial charge in [0.2, 0.25) is 0 Å². The summed E-state index contributed by atoms with van der Waals surface area (Å²) in [5.74, 6) is -0.335. The fraction of sp³-hybridized carbons (Fsp3) is 0.211. The van der Waals surface area contributed by atoms with E-state index in [0.717, 1.165) is 11.3 Å². The maximum Gasteiger partial charge on any atom is 0.276 e. The molecule has 25 heavy (non-hydrogen) atoms. The van der Waals surface area contributed by atoms with Crippen molar-refractivity contribution < 1.29 is 9.59 Å². The SMILES string of the molecule is CC(=O)c1cccc(NC(=O)c2nc3ccccn3c2CN(C)C)c1. The van der Waals surface area contributed by atoms with E-state index in [9.17, 15) is 9.59 Å². The highest BCUT2D eigenvalue weighted by atomic mass is 16.2. The zero-order valence-electron chi connectivity index (χ0n) is 14.5. The van der Waals surface area contributed by atoms with Crippen molar-refractivity contribution >= 4 is 23.0 Å². The second kappa shape index (κ2) is 6.86. The van der Waals surface area contributed by atoms with Gasteiger partial charge in [-0.25, -0.2) is 4.98 Å². The highest BCUT2D eigenvalue weighted by Crippen LogP contribution is 2.17. The highest BCUT2D eigenvalue weighted by Gasteiger charge is 2.19. The molecule has 0 aliphatic carbocycles. The predicted octanol–water partition coefficient (Wildman–Crippen LogP) is 2.85. The quantitative estimate of drug-likeness (QED) is 0.728. The number of Topliss-reactive ketones (excluding diaryl/α,β-unsaturated/α-hetero) is 1. The van der Waals surface area contributed by atoms with E-state index in [-0.39, 0.29) is 11.7 Å². The molecule has 0 aliphatic rings. The Hall–Kier alpha value is -2.99. The molecule has 128 valence electrons. The van der Waals surface area contributed by atoms with Crippen molar-refractivity contribution in [2.24, 2.45) is 0 Å². The number of carbonyl (C=O) groups excluding carboxylic acids is 2. The number of hydrogen-bond acceptors (Lipinski definition) is 4.